The highest BCUT2D eigenvalue weighted by atomic mass is 35.5. The zero-order chi connectivity index (χ0) is 15.9. The number of anilines is 1. The number of aryl methyl sites for hydroxylation is 3. The predicted molar refractivity (Wildman–Crippen MR) is 88.2 cm³/mol. The van der Waals surface area contributed by atoms with E-state index in [-0.39, 0.29) is 5.95 Å². The van der Waals surface area contributed by atoms with Crippen LogP contribution in [-0.4, -0.2) is 19.7 Å². The lowest BCUT2D eigenvalue weighted by Gasteiger charge is -2.12. The Kier molecular flexibility index (Phi) is 3.58. The minimum atomic E-state index is 0.254. The van der Waals surface area contributed by atoms with Crippen LogP contribution in [0.15, 0.2) is 30.3 Å². The molecule has 0 aliphatic rings. The minimum absolute atomic E-state index is 0.254. The van der Waals surface area contributed by atoms with Crippen molar-refractivity contribution in [2.45, 2.75) is 20.8 Å². The highest BCUT2D eigenvalue weighted by Crippen LogP contribution is 2.29. The van der Waals surface area contributed by atoms with Crippen LogP contribution in [0.3, 0.4) is 0 Å². The minimum Gasteiger partial charge on any atom is -0.368 e. The number of rotatable bonds is 2. The lowest BCUT2D eigenvalue weighted by atomic mass is 10.1. The molecule has 0 radical (unpaired) electrons. The van der Waals surface area contributed by atoms with Crippen LogP contribution in [-0.2, 0) is 0 Å². The zero-order valence-corrected chi connectivity index (χ0v) is 13.4. The standard InChI is InChI=1S/C16H16ClN5/c1-9-7-14(20-16(18)19-9)13-5-4-12(17)8-15(13)22-11(3)6-10(2)21-22/h4-8H,1-3H3,(H2,18,19,20). The van der Waals surface area contributed by atoms with Gasteiger partial charge in [0.25, 0.3) is 0 Å². The summed E-state index contributed by atoms with van der Waals surface area (Å²) in [6, 6.07) is 9.55. The molecule has 0 amide bonds. The predicted octanol–water partition coefficient (Wildman–Crippen LogP) is 3.49. The summed E-state index contributed by atoms with van der Waals surface area (Å²) in [4.78, 5) is 8.46. The maximum Gasteiger partial charge on any atom is 0.220 e. The fourth-order valence-corrected chi connectivity index (χ4v) is 2.67. The van der Waals surface area contributed by atoms with Gasteiger partial charge < -0.3 is 5.73 Å². The monoisotopic (exact) mass is 313 g/mol. The van der Waals surface area contributed by atoms with Gasteiger partial charge in [0, 0.05) is 22.0 Å². The van der Waals surface area contributed by atoms with E-state index in [9.17, 15) is 0 Å². The van der Waals surface area contributed by atoms with Crippen molar-refractivity contribution < 1.29 is 0 Å². The Labute approximate surface area is 133 Å². The smallest absolute Gasteiger partial charge is 0.220 e. The first-order valence-corrected chi connectivity index (χ1v) is 7.26. The molecule has 0 saturated heterocycles. The van der Waals surface area contributed by atoms with Crippen molar-refractivity contribution in [1.82, 2.24) is 19.7 Å². The molecule has 0 aliphatic carbocycles. The molecule has 2 aromatic heterocycles. The fraction of sp³-hybridized carbons (Fsp3) is 0.188. The van der Waals surface area contributed by atoms with E-state index >= 15 is 0 Å². The molecule has 0 saturated carbocycles. The molecule has 0 spiro atoms. The lowest BCUT2D eigenvalue weighted by Crippen LogP contribution is -2.04. The Bertz CT molecular complexity index is 833. The number of halogens is 1. The van der Waals surface area contributed by atoms with Crippen LogP contribution in [0.25, 0.3) is 16.9 Å². The van der Waals surface area contributed by atoms with E-state index in [1.54, 1.807) is 0 Å². The largest absolute Gasteiger partial charge is 0.368 e. The van der Waals surface area contributed by atoms with Gasteiger partial charge in [0.05, 0.1) is 17.1 Å². The molecule has 1 aromatic carbocycles. The fourth-order valence-electron chi connectivity index (χ4n) is 2.50. The molecule has 5 nitrogen and oxygen atoms in total. The summed E-state index contributed by atoms with van der Waals surface area (Å²) in [5.74, 6) is 0.254. The van der Waals surface area contributed by atoms with Crippen LogP contribution in [0.1, 0.15) is 17.1 Å². The number of hydrogen-bond acceptors (Lipinski definition) is 4. The first-order valence-electron chi connectivity index (χ1n) is 6.89. The van der Waals surface area contributed by atoms with Gasteiger partial charge in [-0.1, -0.05) is 11.6 Å². The SMILES string of the molecule is Cc1cc(-c2ccc(Cl)cc2-n2nc(C)cc2C)nc(N)n1. The molecule has 22 heavy (non-hydrogen) atoms. The van der Waals surface area contributed by atoms with Crippen LogP contribution in [0, 0.1) is 20.8 Å². The Hall–Kier alpha value is -2.40. The van der Waals surface area contributed by atoms with Crippen molar-refractivity contribution >= 4 is 17.5 Å². The summed E-state index contributed by atoms with van der Waals surface area (Å²) in [6.07, 6.45) is 0. The molecule has 2 N–H and O–H groups in total. The van der Waals surface area contributed by atoms with E-state index in [1.807, 2.05) is 55.8 Å². The second-order valence-electron chi connectivity index (χ2n) is 5.25. The number of nitrogens with two attached hydrogens (primary N) is 1. The average molecular weight is 314 g/mol. The van der Waals surface area contributed by atoms with Gasteiger partial charge in [0.2, 0.25) is 5.95 Å². The van der Waals surface area contributed by atoms with Gasteiger partial charge in [-0.15, -0.1) is 0 Å². The molecule has 6 heteroatoms. The first kappa shape index (κ1) is 14.5. The van der Waals surface area contributed by atoms with Crippen molar-refractivity contribution in [3.05, 3.63) is 52.4 Å². The Balaban J connectivity index is 2.26. The molecule has 0 bridgehead atoms. The number of nitrogen functional groups attached to an aromatic ring is 1. The molecule has 0 unspecified atom stereocenters. The summed E-state index contributed by atoms with van der Waals surface area (Å²) in [5, 5.41) is 5.18. The Morgan fingerprint density at radius 2 is 1.77 bits per heavy atom. The van der Waals surface area contributed by atoms with Gasteiger partial charge >= 0.3 is 0 Å². The Morgan fingerprint density at radius 1 is 1.00 bits per heavy atom. The first-order chi connectivity index (χ1) is 10.4. The molecule has 2 heterocycles. The number of aromatic nitrogens is 4. The van der Waals surface area contributed by atoms with Crippen LogP contribution in [0.2, 0.25) is 5.02 Å². The third-order valence-corrected chi connectivity index (χ3v) is 3.58. The van der Waals surface area contributed by atoms with Crippen molar-refractivity contribution in [3.8, 4) is 16.9 Å². The summed E-state index contributed by atoms with van der Waals surface area (Å²) >= 11 is 6.18. The molecule has 0 atom stereocenters. The lowest BCUT2D eigenvalue weighted by molar-refractivity contribution is 0.834. The van der Waals surface area contributed by atoms with Gasteiger partial charge in [-0.25, -0.2) is 14.6 Å². The molecular weight excluding hydrogens is 298 g/mol. The second-order valence-corrected chi connectivity index (χ2v) is 5.69. The molecule has 112 valence electrons. The van der Waals surface area contributed by atoms with Gasteiger partial charge in [0.1, 0.15) is 0 Å². The van der Waals surface area contributed by atoms with E-state index in [0.29, 0.717) is 5.02 Å². The molecular formula is C16H16ClN5. The van der Waals surface area contributed by atoms with Gasteiger partial charge in [-0.3, -0.25) is 0 Å². The highest BCUT2D eigenvalue weighted by Gasteiger charge is 2.13. The van der Waals surface area contributed by atoms with Crippen LogP contribution >= 0.6 is 11.6 Å². The average Bonchev–Trinajstić information content (AvgIpc) is 2.76. The summed E-state index contributed by atoms with van der Waals surface area (Å²) in [5.41, 5.74) is 11.1. The van der Waals surface area contributed by atoms with Gasteiger partial charge in [-0.05, 0) is 51.1 Å². The van der Waals surface area contributed by atoms with Crippen LogP contribution in [0.4, 0.5) is 5.95 Å². The van der Waals surface area contributed by atoms with Crippen molar-refractivity contribution in [3.63, 3.8) is 0 Å². The summed E-state index contributed by atoms with van der Waals surface area (Å²) in [6.45, 7) is 5.85. The molecule has 0 fully saturated rings. The van der Waals surface area contributed by atoms with Crippen LogP contribution < -0.4 is 5.73 Å². The number of benzene rings is 1. The normalized spacial score (nSPS) is 10.9. The van der Waals surface area contributed by atoms with Gasteiger partial charge in [0.15, 0.2) is 0 Å². The van der Waals surface area contributed by atoms with Crippen molar-refractivity contribution in [2.75, 3.05) is 5.73 Å². The molecule has 3 aromatic rings. The van der Waals surface area contributed by atoms with E-state index in [0.717, 1.165) is 34.0 Å². The van der Waals surface area contributed by atoms with Crippen molar-refractivity contribution in [1.29, 1.82) is 0 Å². The number of nitrogens with zero attached hydrogens (tertiary/aromatic N) is 4. The topological polar surface area (TPSA) is 69.6 Å². The van der Waals surface area contributed by atoms with Crippen molar-refractivity contribution in [2.24, 2.45) is 0 Å². The quantitative estimate of drug-likeness (QED) is 0.786. The van der Waals surface area contributed by atoms with Gasteiger partial charge in [-0.2, -0.15) is 5.10 Å². The third-order valence-electron chi connectivity index (χ3n) is 3.35. The summed E-state index contributed by atoms with van der Waals surface area (Å²) < 4.78 is 1.87. The second kappa shape index (κ2) is 5.42. The van der Waals surface area contributed by atoms with E-state index in [1.165, 1.54) is 0 Å². The molecule has 3 rings (SSSR count). The van der Waals surface area contributed by atoms with Crippen LogP contribution in [0.5, 0.6) is 0 Å². The van der Waals surface area contributed by atoms with E-state index in [4.69, 9.17) is 17.3 Å². The maximum absolute atomic E-state index is 6.18. The third kappa shape index (κ3) is 2.67. The van der Waals surface area contributed by atoms with E-state index < -0.39 is 0 Å². The molecule has 0 aliphatic heterocycles. The summed E-state index contributed by atoms with van der Waals surface area (Å²) in [7, 11) is 0. The van der Waals surface area contributed by atoms with E-state index in [2.05, 4.69) is 15.1 Å². The highest BCUT2D eigenvalue weighted by molar-refractivity contribution is 6.30. The number of hydrogen-bond donors (Lipinski definition) is 1. The zero-order valence-electron chi connectivity index (χ0n) is 12.6. The maximum atomic E-state index is 6.18. The Morgan fingerprint density at radius 3 is 2.41 bits per heavy atom.